The van der Waals surface area contributed by atoms with Gasteiger partial charge in [0.15, 0.2) is 0 Å². The van der Waals surface area contributed by atoms with Crippen LogP contribution in [0.2, 0.25) is 0 Å². The number of hydrogen-bond donors (Lipinski definition) is 2. The van der Waals surface area contributed by atoms with E-state index in [-0.39, 0.29) is 0 Å². The van der Waals surface area contributed by atoms with Crippen molar-refractivity contribution in [2.75, 3.05) is 25.0 Å². The Bertz CT molecular complexity index is 455. The zero-order valence-electron chi connectivity index (χ0n) is 11.6. The zero-order chi connectivity index (χ0) is 13.8. The van der Waals surface area contributed by atoms with E-state index in [4.69, 9.17) is 18.0 Å². The SMILES string of the molecule is Cc1ccnc(NCC(C)N2CCCC2)c1C(N)=S. The standard InChI is InChI=1S/C14H22N4S/c1-10-5-6-16-14(12(10)13(15)19)17-9-11(2)18-7-3-4-8-18/h5-6,11H,3-4,7-9H2,1-2H3,(H2,15,19)(H,16,17). The summed E-state index contributed by atoms with van der Waals surface area (Å²) in [5, 5.41) is 3.39. The average Bonchev–Trinajstić information content (AvgIpc) is 2.89. The quantitative estimate of drug-likeness (QED) is 0.806. The average molecular weight is 278 g/mol. The van der Waals surface area contributed by atoms with E-state index in [0.29, 0.717) is 11.0 Å². The molecule has 2 rings (SSSR count). The number of likely N-dealkylation sites (tertiary alicyclic amines) is 1. The largest absolute Gasteiger partial charge is 0.389 e. The summed E-state index contributed by atoms with van der Waals surface area (Å²) in [6.45, 7) is 7.52. The van der Waals surface area contributed by atoms with Crippen molar-refractivity contribution >= 4 is 23.0 Å². The first kappa shape index (κ1) is 14.2. The van der Waals surface area contributed by atoms with Gasteiger partial charge in [-0.25, -0.2) is 4.98 Å². The molecule has 1 saturated heterocycles. The molecule has 1 unspecified atom stereocenters. The molecule has 3 N–H and O–H groups in total. The monoisotopic (exact) mass is 278 g/mol. The highest BCUT2D eigenvalue weighted by Crippen LogP contribution is 2.17. The number of nitrogens with two attached hydrogens (primary N) is 1. The summed E-state index contributed by atoms with van der Waals surface area (Å²) in [7, 11) is 0. The van der Waals surface area contributed by atoms with Gasteiger partial charge in [-0.2, -0.15) is 0 Å². The van der Waals surface area contributed by atoms with Crippen LogP contribution in [-0.4, -0.2) is 40.5 Å². The van der Waals surface area contributed by atoms with E-state index in [9.17, 15) is 0 Å². The topological polar surface area (TPSA) is 54.2 Å². The first-order valence-electron chi connectivity index (χ1n) is 6.83. The molecule has 1 aliphatic rings. The Morgan fingerprint density at radius 3 is 2.84 bits per heavy atom. The summed E-state index contributed by atoms with van der Waals surface area (Å²) in [5.74, 6) is 0.804. The number of rotatable bonds is 5. The maximum Gasteiger partial charge on any atom is 0.136 e. The molecule has 0 aliphatic carbocycles. The van der Waals surface area contributed by atoms with E-state index < -0.39 is 0 Å². The summed E-state index contributed by atoms with van der Waals surface area (Å²) in [6, 6.07) is 2.44. The lowest BCUT2D eigenvalue weighted by atomic mass is 10.1. The molecule has 1 aromatic rings. The van der Waals surface area contributed by atoms with Crippen molar-refractivity contribution in [2.24, 2.45) is 5.73 Å². The molecule has 104 valence electrons. The molecule has 0 bridgehead atoms. The van der Waals surface area contributed by atoms with Crippen LogP contribution in [0.25, 0.3) is 0 Å². The van der Waals surface area contributed by atoms with Crippen LogP contribution < -0.4 is 11.1 Å². The molecule has 0 radical (unpaired) electrons. The van der Waals surface area contributed by atoms with Crippen molar-refractivity contribution in [3.8, 4) is 0 Å². The molecule has 2 heterocycles. The molecule has 0 amide bonds. The Morgan fingerprint density at radius 1 is 1.53 bits per heavy atom. The lowest BCUT2D eigenvalue weighted by Gasteiger charge is -2.24. The minimum absolute atomic E-state index is 0.405. The molecule has 4 nitrogen and oxygen atoms in total. The van der Waals surface area contributed by atoms with Gasteiger partial charge in [0.25, 0.3) is 0 Å². The molecule has 0 aromatic carbocycles. The molecular formula is C14H22N4S. The van der Waals surface area contributed by atoms with E-state index in [1.54, 1.807) is 6.20 Å². The fourth-order valence-electron chi connectivity index (χ4n) is 2.56. The van der Waals surface area contributed by atoms with Gasteiger partial charge in [-0.3, -0.25) is 4.90 Å². The second-order valence-electron chi connectivity index (χ2n) is 5.19. The van der Waals surface area contributed by atoms with Crippen molar-refractivity contribution in [2.45, 2.75) is 32.7 Å². The van der Waals surface area contributed by atoms with Crippen LogP contribution in [0.3, 0.4) is 0 Å². The van der Waals surface area contributed by atoms with Crippen molar-refractivity contribution < 1.29 is 0 Å². The molecule has 1 aromatic heterocycles. The highest BCUT2D eigenvalue weighted by atomic mass is 32.1. The van der Waals surface area contributed by atoms with Crippen LogP contribution in [0, 0.1) is 6.92 Å². The summed E-state index contributed by atoms with van der Waals surface area (Å²) in [5.41, 5.74) is 7.72. The summed E-state index contributed by atoms with van der Waals surface area (Å²) in [4.78, 5) is 7.27. The number of hydrogen-bond acceptors (Lipinski definition) is 4. The number of anilines is 1. The molecular weight excluding hydrogens is 256 g/mol. The van der Waals surface area contributed by atoms with Crippen LogP contribution >= 0.6 is 12.2 Å². The summed E-state index contributed by atoms with van der Waals surface area (Å²) in [6.07, 6.45) is 4.41. The van der Waals surface area contributed by atoms with Gasteiger partial charge in [-0.15, -0.1) is 0 Å². The number of aromatic nitrogens is 1. The van der Waals surface area contributed by atoms with Gasteiger partial charge in [0, 0.05) is 18.8 Å². The van der Waals surface area contributed by atoms with E-state index in [2.05, 4.69) is 22.1 Å². The van der Waals surface area contributed by atoms with Crippen molar-refractivity contribution in [1.29, 1.82) is 0 Å². The van der Waals surface area contributed by atoms with Crippen molar-refractivity contribution in [3.05, 3.63) is 23.4 Å². The normalized spacial score (nSPS) is 17.4. The van der Waals surface area contributed by atoms with Gasteiger partial charge in [0.05, 0.1) is 5.56 Å². The van der Waals surface area contributed by atoms with Gasteiger partial charge in [0.1, 0.15) is 10.8 Å². The van der Waals surface area contributed by atoms with Crippen LogP contribution in [0.4, 0.5) is 5.82 Å². The van der Waals surface area contributed by atoms with Gasteiger partial charge in [-0.05, 0) is 51.4 Å². The lowest BCUT2D eigenvalue weighted by Crippen LogP contribution is -2.36. The molecule has 0 spiro atoms. The van der Waals surface area contributed by atoms with Crippen LogP contribution in [-0.2, 0) is 0 Å². The number of pyridine rings is 1. The zero-order valence-corrected chi connectivity index (χ0v) is 12.5. The minimum atomic E-state index is 0.405. The Morgan fingerprint density at radius 2 is 2.21 bits per heavy atom. The maximum absolute atomic E-state index is 5.78. The minimum Gasteiger partial charge on any atom is -0.389 e. The Balaban J connectivity index is 2.02. The number of nitrogens with zero attached hydrogens (tertiary/aromatic N) is 2. The second kappa shape index (κ2) is 6.30. The molecule has 1 aliphatic heterocycles. The van der Waals surface area contributed by atoms with Crippen LogP contribution in [0.1, 0.15) is 30.9 Å². The Labute approximate surface area is 120 Å². The first-order valence-corrected chi connectivity index (χ1v) is 7.23. The smallest absolute Gasteiger partial charge is 0.136 e. The fraction of sp³-hybridized carbons (Fsp3) is 0.571. The highest BCUT2D eigenvalue weighted by Gasteiger charge is 2.18. The molecule has 5 heteroatoms. The Kier molecular flexibility index (Phi) is 4.71. The van der Waals surface area contributed by atoms with Crippen LogP contribution in [0.5, 0.6) is 0 Å². The van der Waals surface area contributed by atoms with Crippen molar-refractivity contribution in [1.82, 2.24) is 9.88 Å². The van der Waals surface area contributed by atoms with Crippen molar-refractivity contribution in [3.63, 3.8) is 0 Å². The maximum atomic E-state index is 5.78. The molecule has 0 saturated carbocycles. The van der Waals surface area contributed by atoms with E-state index in [1.807, 2.05) is 13.0 Å². The third-order valence-corrected chi connectivity index (χ3v) is 3.94. The lowest BCUT2D eigenvalue weighted by molar-refractivity contribution is 0.269. The Hall–Kier alpha value is -1.20. The third-order valence-electron chi connectivity index (χ3n) is 3.73. The number of thiocarbonyl (C=S) groups is 1. The van der Waals surface area contributed by atoms with Gasteiger partial charge < -0.3 is 11.1 Å². The molecule has 1 fully saturated rings. The van der Waals surface area contributed by atoms with Gasteiger partial charge in [0.2, 0.25) is 0 Å². The van der Waals surface area contributed by atoms with E-state index >= 15 is 0 Å². The molecule has 1 atom stereocenters. The van der Waals surface area contributed by atoms with E-state index in [1.165, 1.54) is 25.9 Å². The number of aryl methyl sites for hydroxylation is 1. The van der Waals surface area contributed by atoms with Gasteiger partial charge >= 0.3 is 0 Å². The highest BCUT2D eigenvalue weighted by molar-refractivity contribution is 7.80. The summed E-state index contributed by atoms with van der Waals surface area (Å²) >= 11 is 5.11. The second-order valence-corrected chi connectivity index (χ2v) is 5.63. The fourth-order valence-corrected chi connectivity index (χ4v) is 2.82. The van der Waals surface area contributed by atoms with Crippen LogP contribution in [0.15, 0.2) is 12.3 Å². The first-order chi connectivity index (χ1) is 9.09. The number of nitrogens with one attached hydrogen (secondary N) is 1. The summed E-state index contributed by atoms with van der Waals surface area (Å²) < 4.78 is 0. The molecule has 19 heavy (non-hydrogen) atoms. The van der Waals surface area contributed by atoms with E-state index in [0.717, 1.165) is 23.5 Å². The van der Waals surface area contributed by atoms with Gasteiger partial charge in [-0.1, -0.05) is 12.2 Å². The predicted molar refractivity (Wildman–Crippen MR) is 83.6 cm³/mol. The third kappa shape index (κ3) is 3.42. The predicted octanol–water partition coefficient (Wildman–Crippen LogP) is 1.92.